The number of rotatable bonds is 5. The molecule has 1 saturated heterocycles. The first kappa shape index (κ1) is 17.7. The molecule has 21 heavy (non-hydrogen) atoms. The minimum atomic E-state index is -4.60. The Hall–Kier alpha value is -1.33. The number of carbonyl (C=O) groups excluding carboxylic acids is 1. The van der Waals surface area contributed by atoms with Gasteiger partial charge in [-0.2, -0.15) is 18.4 Å². The molecule has 1 aliphatic rings. The van der Waals surface area contributed by atoms with Crippen LogP contribution in [0, 0.1) is 11.3 Å². The average molecular weight is 307 g/mol. The molecule has 0 spiro atoms. The molecule has 8 heteroatoms. The fourth-order valence-corrected chi connectivity index (χ4v) is 2.22. The molecule has 1 rings (SSSR count). The first-order valence-corrected chi connectivity index (χ1v) is 6.82. The molecule has 0 aromatic rings. The highest BCUT2D eigenvalue weighted by Gasteiger charge is 2.54. The van der Waals surface area contributed by atoms with Gasteiger partial charge in [0.1, 0.15) is 0 Å². The van der Waals surface area contributed by atoms with E-state index < -0.39 is 11.8 Å². The lowest BCUT2D eigenvalue weighted by Gasteiger charge is -2.39. The number of nitrogens with zero attached hydrogens (tertiary/aromatic N) is 3. The standard InChI is InChI=1S/C13H20F3N3O2/c1-18(7-2-6-17)11(20)3-8-19-9-4-12(21,5-10-19)13(14,15)16/h21H,2-5,7-10H2,1H3. The number of halogens is 3. The average Bonchev–Trinajstić information content (AvgIpc) is 2.42. The molecule has 0 bridgehead atoms. The van der Waals surface area contributed by atoms with E-state index in [2.05, 4.69) is 0 Å². The molecule has 1 N–H and O–H groups in total. The molecule has 5 nitrogen and oxygen atoms in total. The minimum absolute atomic E-state index is 0.116. The number of hydrogen-bond acceptors (Lipinski definition) is 4. The zero-order valence-corrected chi connectivity index (χ0v) is 12.0. The third-order valence-corrected chi connectivity index (χ3v) is 3.84. The number of nitriles is 1. The van der Waals surface area contributed by atoms with E-state index in [0.29, 0.717) is 13.1 Å². The predicted octanol–water partition coefficient (Wildman–Crippen LogP) is 1.14. The molecule has 0 atom stereocenters. The molecule has 0 aromatic carbocycles. The first-order chi connectivity index (χ1) is 9.69. The number of amides is 1. The fourth-order valence-electron chi connectivity index (χ4n) is 2.22. The Morgan fingerprint density at radius 3 is 2.48 bits per heavy atom. The zero-order chi connectivity index (χ0) is 16.1. The van der Waals surface area contributed by atoms with Crippen molar-refractivity contribution in [1.82, 2.24) is 9.80 Å². The Bertz CT molecular complexity index is 398. The Morgan fingerprint density at radius 2 is 2.00 bits per heavy atom. The maximum Gasteiger partial charge on any atom is 0.417 e. The van der Waals surface area contributed by atoms with Crippen molar-refractivity contribution in [1.29, 1.82) is 5.26 Å². The Morgan fingerprint density at radius 1 is 1.43 bits per heavy atom. The highest BCUT2D eigenvalue weighted by Crippen LogP contribution is 2.38. The second-order valence-corrected chi connectivity index (χ2v) is 5.34. The molecule has 1 amide bonds. The summed E-state index contributed by atoms with van der Waals surface area (Å²) >= 11 is 0. The molecular formula is C13H20F3N3O2. The smallest absolute Gasteiger partial charge is 0.380 e. The monoisotopic (exact) mass is 307 g/mol. The van der Waals surface area contributed by atoms with Crippen LogP contribution in [0.25, 0.3) is 0 Å². The number of alkyl halides is 3. The van der Waals surface area contributed by atoms with Crippen molar-refractivity contribution in [2.45, 2.75) is 37.5 Å². The van der Waals surface area contributed by atoms with Crippen molar-refractivity contribution in [3.8, 4) is 6.07 Å². The van der Waals surface area contributed by atoms with Gasteiger partial charge in [0.25, 0.3) is 0 Å². The van der Waals surface area contributed by atoms with Gasteiger partial charge in [-0.1, -0.05) is 0 Å². The van der Waals surface area contributed by atoms with Gasteiger partial charge in [-0.25, -0.2) is 0 Å². The van der Waals surface area contributed by atoms with Gasteiger partial charge in [0, 0.05) is 39.6 Å². The normalized spacial score (nSPS) is 19.0. The van der Waals surface area contributed by atoms with Crippen molar-refractivity contribution in [2.75, 3.05) is 33.2 Å². The van der Waals surface area contributed by atoms with Crippen molar-refractivity contribution in [3.63, 3.8) is 0 Å². The second-order valence-electron chi connectivity index (χ2n) is 5.34. The second kappa shape index (κ2) is 7.09. The molecule has 120 valence electrons. The van der Waals surface area contributed by atoms with Crippen LogP contribution in [0.4, 0.5) is 13.2 Å². The summed E-state index contributed by atoms with van der Waals surface area (Å²) in [6.07, 6.45) is -4.88. The van der Waals surface area contributed by atoms with Crippen LogP contribution in [0.3, 0.4) is 0 Å². The maximum absolute atomic E-state index is 12.6. The van der Waals surface area contributed by atoms with Crippen LogP contribution >= 0.6 is 0 Å². The Labute approximate surface area is 121 Å². The Balaban J connectivity index is 2.34. The summed E-state index contributed by atoms with van der Waals surface area (Å²) in [5, 5.41) is 18.0. The lowest BCUT2D eigenvalue weighted by atomic mass is 9.91. The van der Waals surface area contributed by atoms with Crippen LogP contribution in [0.5, 0.6) is 0 Å². The van der Waals surface area contributed by atoms with Gasteiger partial charge in [0.2, 0.25) is 5.91 Å². The van der Waals surface area contributed by atoms with Gasteiger partial charge in [0.15, 0.2) is 5.60 Å². The molecule has 1 aliphatic heterocycles. The highest BCUT2D eigenvalue weighted by atomic mass is 19.4. The number of hydrogen-bond donors (Lipinski definition) is 1. The molecular weight excluding hydrogens is 287 g/mol. The summed E-state index contributed by atoms with van der Waals surface area (Å²) in [4.78, 5) is 14.9. The van der Waals surface area contributed by atoms with Crippen molar-refractivity contribution in [3.05, 3.63) is 0 Å². The summed E-state index contributed by atoms with van der Waals surface area (Å²) in [5.74, 6) is -0.137. The van der Waals surface area contributed by atoms with Gasteiger partial charge >= 0.3 is 6.18 Å². The van der Waals surface area contributed by atoms with Gasteiger partial charge in [0.05, 0.1) is 12.5 Å². The minimum Gasteiger partial charge on any atom is -0.380 e. The summed E-state index contributed by atoms with van der Waals surface area (Å²) in [5.41, 5.74) is -2.60. The van der Waals surface area contributed by atoms with Crippen molar-refractivity contribution >= 4 is 5.91 Å². The van der Waals surface area contributed by atoms with Gasteiger partial charge in [-0.3, -0.25) is 4.79 Å². The molecule has 0 aliphatic carbocycles. The van der Waals surface area contributed by atoms with Crippen molar-refractivity contribution in [2.24, 2.45) is 0 Å². The fraction of sp³-hybridized carbons (Fsp3) is 0.846. The largest absolute Gasteiger partial charge is 0.417 e. The van der Waals surface area contributed by atoms with E-state index in [9.17, 15) is 23.1 Å². The van der Waals surface area contributed by atoms with Gasteiger partial charge in [-0.15, -0.1) is 0 Å². The van der Waals surface area contributed by atoms with Gasteiger partial charge in [-0.05, 0) is 12.8 Å². The summed E-state index contributed by atoms with van der Waals surface area (Å²) in [7, 11) is 1.60. The van der Waals surface area contributed by atoms with Crippen LogP contribution in [0.1, 0.15) is 25.7 Å². The first-order valence-electron chi connectivity index (χ1n) is 6.82. The number of piperidine rings is 1. The van der Waals surface area contributed by atoms with Crippen LogP contribution in [0.15, 0.2) is 0 Å². The highest BCUT2D eigenvalue weighted by molar-refractivity contribution is 5.76. The van der Waals surface area contributed by atoms with E-state index in [1.54, 1.807) is 11.9 Å². The van der Waals surface area contributed by atoms with E-state index in [1.165, 1.54) is 4.90 Å². The van der Waals surface area contributed by atoms with E-state index >= 15 is 0 Å². The third-order valence-electron chi connectivity index (χ3n) is 3.84. The topological polar surface area (TPSA) is 67.6 Å². The Kier molecular flexibility index (Phi) is 5.98. The van der Waals surface area contributed by atoms with Crippen LogP contribution in [-0.2, 0) is 4.79 Å². The molecule has 0 saturated carbocycles. The van der Waals surface area contributed by atoms with E-state index in [1.807, 2.05) is 6.07 Å². The van der Waals surface area contributed by atoms with E-state index in [4.69, 9.17) is 5.26 Å². The molecule has 1 fully saturated rings. The van der Waals surface area contributed by atoms with Crippen molar-refractivity contribution < 1.29 is 23.1 Å². The summed E-state index contributed by atoms with van der Waals surface area (Å²) in [6.45, 7) is 0.948. The third kappa shape index (κ3) is 4.86. The number of likely N-dealkylation sites (tertiary alicyclic amines) is 1. The zero-order valence-electron chi connectivity index (χ0n) is 12.0. The maximum atomic E-state index is 12.6. The summed E-state index contributed by atoms with van der Waals surface area (Å²) < 4.78 is 37.9. The van der Waals surface area contributed by atoms with Gasteiger partial charge < -0.3 is 14.9 Å². The molecule has 0 unspecified atom stereocenters. The predicted molar refractivity (Wildman–Crippen MR) is 69.2 cm³/mol. The van der Waals surface area contributed by atoms with E-state index in [-0.39, 0.29) is 44.7 Å². The van der Waals surface area contributed by atoms with Crippen LogP contribution in [-0.4, -0.2) is 65.8 Å². The molecule has 0 aromatic heterocycles. The molecule has 1 heterocycles. The SMILES string of the molecule is CN(CCC#N)C(=O)CCN1CCC(O)(C(F)(F)F)CC1. The quantitative estimate of drug-likeness (QED) is 0.827. The van der Waals surface area contributed by atoms with Crippen LogP contribution < -0.4 is 0 Å². The lowest BCUT2D eigenvalue weighted by molar-refractivity contribution is -0.272. The molecule has 0 radical (unpaired) electrons. The van der Waals surface area contributed by atoms with Crippen LogP contribution in [0.2, 0.25) is 0 Å². The summed E-state index contributed by atoms with van der Waals surface area (Å²) in [6, 6.07) is 1.94. The number of carbonyl (C=O) groups is 1. The lowest BCUT2D eigenvalue weighted by Crippen LogP contribution is -2.53. The van der Waals surface area contributed by atoms with E-state index in [0.717, 1.165) is 0 Å². The number of aliphatic hydroxyl groups is 1.